The number of carbonyl (C=O) groups excluding carboxylic acids is 2. The summed E-state index contributed by atoms with van der Waals surface area (Å²) in [6, 6.07) is 13.2. The lowest BCUT2D eigenvalue weighted by Gasteiger charge is -2.24. The molecule has 2 N–H and O–H groups in total. The van der Waals surface area contributed by atoms with Crippen LogP contribution in [0.3, 0.4) is 0 Å². The first kappa shape index (κ1) is 25.5. The van der Waals surface area contributed by atoms with Crippen LogP contribution in [-0.4, -0.2) is 31.1 Å². The zero-order chi connectivity index (χ0) is 25.2. The van der Waals surface area contributed by atoms with Crippen molar-refractivity contribution in [3.8, 4) is 16.9 Å². The third-order valence-corrected chi connectivity index (χ3v) is 5.58. The van der Waals surface area contributed by atoms with Crippen LogP contribution in [0.25, 0.3) is 11.1 Å². The fraction of sp³-hybridized carbons (Fsp3) is 0.200. The van der Waals surface area contributed by atoms with Crippen molar-refractivity contribution < 1.29 is 23.1 Å². The Bertz CT molecular complexity index is 1240. The fourth-order valence-corrected chi connectivity index (χ4v) is 3.67. The summed E-state index contributed by atoms with van der Waals surface area (Å²) in [5.74, 6) is -1.97. The molecule has 0 bridgehead atoms. The Kier molecular flexibility index (Phi) is 7.48. The number of benzene rings is 3. The average molecular weight is 507 g/mol. The van der Waals surface area contributed by atoms with Crippen LogP contribution >= 0.6 is 23.2 Å². The lowest BCUT2D eigenvalue weighted by atomic mass is 10.0. The maximum atomic E-state index is 14.3. The van der Waals surface area contributed by atoms with E-state index in [9.17, 15) is 18.4 Å². The molecule has 3 aromatic rings. The highest BCUT2D eigenvalue weighted by atomic mass is 35.5. The summed E-state index contributed by atoms with van der Waals surface area (Å²) in [5.41, 5.74) is 4.92. The van der Waals surface area contributed by atoms with Crippen LogP contribution in [0.2, 0.25) is 10.0 Å². The van der Waals surface area contributed by atoms with E-state index in [2.05, 4.69) is 0 Å². The Morgan fingerprint density at radius 3 is 2.38 bits per heavy atom. The molecule has 0 unspecified atom stereocenters. The van der Waals surface area contributed by atoms with Gasteiger partial charge in [0, 0.05) is 23.2 Å². The third-order valence-electron chi connectivity index (χ3n) is 4.94. The van der Waals surface area contributed by atoms with Gasteiger partial charge < -0.3 is 15.4 Å². The van der Waals surface area contributed by atoms with E-state index in [4.69, 9.17) is 33.7 Å². The minimum absolute atomic E-state index is 0.0455. The Labute approximate surface area is 206 Å². The van der Waals surface area contributed by atoms with E-state index < -0.39 is 23.3 Å². The van der Waals surface area contributed by atoms with Crippen LogP contribution in [0.1, 0.15) is 34.6 Å². The summed E-state index contributed by atoms with van der Waals surface area (Å²) >= 11 is 12.4. The number of alkyl halides is 1. The number of anilines is 1. The van der Waals surface area contributed by atoms with Gasteiger partial charge in [0.1, 0.15) is 23.8 Å². The van der Waals surface area contributed by atoms with Crippen LogP contribution in [0.4, 0.5) is 14.5 Å². The minimum atomic E-state index is -1.67. The van der Waals surface area contributed by atoms with Crippen LogP contribution in [-0.2, 0) is 0 Å². The number of carbonyl (C=O) groups is 2. The topological polar surface area (TPSA) is 72.6 Å². The number of amides is 2. The Morgan fingerprint density at radius 2 is 1.76 bits per heavy atom. The van der Waals surface area contributed by atoms with Gasteiger partial charge in [-0.1, -0.05) is 35.3 Å². The molecule has 0 aliphatic heterocycles. The molecular formula is C25H22Cl2F2N2O3. The zero-order valence-electron chi connectivity index (χ0n) is 18.7. The molecule has 3 aromatic carbocycles. The zero-order valence-corrected chi connectivity index (χ0v) is 20.2. The van der Waals surface area contributed by atoms with E-state index >= 15 is 0 Å². The van der Waals surface area contributed by atoms with Gasteiger partial charge >= 0.3 is 0 Å². The first-order chi connectivity index (χ1) is 15.9. The molecule has 178 valence electrons. The lowest BCUT2D eigenvalue weighted by Crippen LogP contribution is -2.29. The molecule has 0 heterocycles. The summed E-state index contributed by atoms with van der Waals surface area (Å²) in [6.07, 6.45) is 0. The van der Waals surface area contributed by atoms with Gasteiger partial charge in [0.15, 0.2) is 0 Å². The molecule has 0 aliphatic rings. The fourth-order valence-electron chi connectivity index (χ4n) is 3.20. The van der Waals surface area contributed by atoms with Crippen molar-refractivity contribution in [2.75, 3.05) is 18.6 Å². The number of rotatable bonds is 7. The highest BCUT2D eigenvalue weighted by Crippen LogP contribution is 2.37. The predicted octanol–water partition coefficient (Wildman–Crippen LogP) is 6.30. The molecule has 2 amide bonds. The van der Waals surface area contributed by atoms with Gasteiger partial charge in [0.2, 0.25) is 5.91 Å². The van der Waals surface area contributed by atoms with E-state index in [0.717, 1.165) is 11.0 Å². The van der Waals surface area contributed by atoms with Crippen LogP contribution in [0, 0.1) is 5.82 Å². The van der Waals surface area contributed by atoms with Crippen molar-refractivity contribution >= 4 is 40.7 Å². The molecule has 5 nitrogen and oxygen atoms in total. The molecule has 0 saturated carbocycles. The summed E-state index contributed by atoms with van der Waals surface area (Å²) in [6.45, 7) is 2.37. The Balaban J connectivity index is 2.10. The van der Waals surface area contributed by atoms with E-state index in [0.29, 0.717) is 16.1 Å². The maximum Gasteiger partial charge on any atom is 0.262 e. The first-order valence-corrected chi connectivity index (χ1v) is 10.9. The quantitative estimate of drug-likeness (QED) is 0.408. The Morgan fingerprint density at radius 1 is 1.06 bits per heavy atom. The first-order valence-electron chi connectivity index (χ1n) is 10.2. The highest BCUT2D eigenvalue weighted by molar-refractivity contribution is 6.34. The van der Waals surface area contributed by atoms with E-state index in [1.165, 1.54) is 51.2 Å². The second-order valence-electron chi connectivity index (χ2n) is 8.21. The van der Waals surface area contributed by atoms with Gasteiger partial charge in [-0.05, 0) is 61.9 Å². The van der Waals surface area contributed by atoms with Gasteiger partial charge in [-0.3, -0.25) is 9.59 Å². The molecule has 0 spiro atoms. The van der Waals surface area contributed by atoms with Crippen molar-refractivity contribution in [1.29, 1.82) is 0 Å². The standard InChI is InChI=1S/C25H22Cl2F2N2O3/c1-25(2,29)13-34-21-12-14(16-11-15(23(30)32)7-9-17(16)26)8-10-20(21)31(3)24(33)22-18(27)5-4-6-19(22)28/h4-12H,13H2,1-3H3,(H2,30,32). The summed E-state index contributed by atoms with van der Waals surface area (Å²) in [7, 11) is 1.42. The largest absolute Gasteiger partial charge is 0.488 e. The molecule has 0 atom stereocenters. The third kappa shape index (κ3) is 5.66. The summed E-state index contributed by atoms with van der Waals surface area (Å²) in [4.78, 5) is 25.8. The predicted molar refractivity (Wildman–Crippen MR) is 130 cm³/mol. The van der Waals surface area contributed by atoms with Gasteiger partial charge in [0.05, 0.1) is 16.3 Å². The van der Waals surface area contributed by atoms with Crippen molar-refractivity contribution in [2.45, 2.75) is 19.5 Å². The molecular weight excluding hydrogens is 485 g/mol. The second-order valence-corrected chi connectivity index (χ2v) is 9.02. The van der Waals surface area contributed by atoms with E-state index in [1.807, 2.05) is 0 Å². The van der Waals surface area contributed by atoms with Crippen molar-refractivity contribution in [3.05, 3.63) is 81.6 Å². The molecule has 0 fully saturated rings. The van der Waals surface area contributed by atoms with Crippen LogP contribution in [0.15, 0.2) is 54.6 Å². The number of ether oxygens (including phenoxy) is 1. The van der Waals surface area contributed by atoms with Crippen molar-refractivity contribution in [1.82, 2.24) is 0 Å². The van der Waals surface area contributed by atoms with Crippen LogP contribution < -0.4 is 15.4 Å². The molecule has 0 aliphatic carbocycles. The van der Waals surface area contributed by atoms with Gasteiger partial charge in [-0.15, -0.1) is 0 Å². The number of primary amides is 1. The molecule has 34 heavy (non-hydrogen) atoms. The molecule has 0 saturated heterocycles. The van der Waals surface area contributed by atoms with Gasteiger partial charge in [-0.25, -0.2) is 8.78 Å². The van der Waals surface area contributed by atoms with E-state index in [1.54, 1.807) is 18.2 Å². The van der Waals surface area contributed by atoms with Crippen LogP contribution in [0.5, 0.6) is 5.75 Å². The maximum absolute atomic E-state index is 14.3. The normalized spacial score (nSPS) is 11.3. The SMILES string of the molecule is CN(C(=O)c1c(F)cccc1Cl)c1ccc(-c2cc(C(N)=O)ccc2Cl)cc1OCC(C)(C)F. The number of nitrogens with two attached hydrogens (primary N) is 1. The Hall–Kier alpha value is -3.16. The minimum Gasteiger partial charge on any atom is -0.488 e. The number of halogens is 4. The summed E-state index contributed by atoms with van der Waals surface area (Å²) in [5, 5.41) is 0.299. The summed E-state index contributed by atoms with van der Waals surface area (Å²) < 4.78 is 34.3. The van der Waals surface area contributed by atoms with Crippen molar-refractivity contribution in [3.63, 3.8) is 0 Å². The van der Waals surface area contributed by atoms with Gasteiger partial charge in [0.25, 0.3) is 5.91 Å². The lowest BCUT2D eigenvalue weighted by molar-refractivity contribution is 0.0982. The molecule has 0 aromatic heterocycles. The number of hydrogen-bond acceptors (Lipinski definition) is 3. The highest BCUT2D eigenvalue weighted by Gasteiger charge is 2.25. The number of nitrogens with zero attached hydrogens (tertiary/aromatic N) is 1. The van der Waals surface area contributed by atoms with Gasteiger partial charge in [-0.2, -0.15) is 0 Å². The molecule has 0 radical (unpaired) electrons. The van der Waals surface area contributed by atoms with Crippen molar-refractivity contribution in [2.24, 2.45) is 5.73 Å². The average Bonchev–Trinajstić information content (AvgIpc) is 2.76. The molecule has 3 rings (SSSR count). The smallest absolute Gasteiger partial charge is 0.262 e. The molecule has 9 heteroatoms. The second kappa shape index (κ2) is 9.99. The monoisotopic (exact) mass is 506 g/mol. The van der Waals surface area contributed by atoms with E-state index in [-0.39, 0.29) is 34.2 Å². The number of hydrogen-bond donors (Lipinski definition) is 1.